The Hall–Kier alpha value is -0.610. The first kappa shape index (κ1) is 12.5. The van der Waals surface area contributed by atoms with Crippen molar-refractivity contribution in [3.05, 3.63) is 0 Å². The summed E-state index contributed by atoms with van der Waals surface area (Å²) in [5.74, 6) is 0.648. The summed E-state index contributed by atoms with van der Waals surface area (Å²) < 4.78 is 0. The van der Waals surface area contributed by atoms with E-state index in [0.29, 0.717) is 18.9 Å². The van der Waals surface area contributed by atoms with Gasteiger partial charge in [-0.3, -0.25) is 9.69 Å². The van der Waals surface area contributed by atoms with E-state index in [4.69, 9.17) is 5.73 Å². The Balaban J connectivity index is 2.15. The highest BCUT2D eigenvalue weighted by atomic mass is 16.1. The summed E-state index contributed by atoms with van der Waals surface area (Å²) in [4.78, 5) is 13.5. The second-order valence-corrected chi connectivity index (χ2v) is 4.80. The number of hydrogen-bond donors (Lipinski definition) is 2. The molecule has 4 heteroatoms. The van der Waals surface area contributed by atoms with Gasteiger partial charge in [0.2, 0.25) is 5.91 Å². The van der Waals surface area contributed by atoms with Crippen molar-refractivity contribution in [2.75, 3.05) is 26.2 Å². The Labute approximate surface area is 92.2 Å². The van der Waals surface area contributed by atoms with E-state index in [1.807, 2.05) is 6.92 Å². The lowest BCUT2D eigenvalue weighted by Gasteiger charge is -2.50. The Bertz CT molecular complexity index is 222. The molecule has 1 aliphatic rings. The lowest BCUT2D eigenvalue weighted by molar-refractivity contribution is -0.121. The Kier molecular flexibility index (Phi) is 4.11. The van der Waals surface area contributed by atoms with Gasteiger partial charge in [0.1, 0.15) is 0 Å². The minimum absolute atomic E-state index is 0.0266. The summed E-state index contributed by atoms with van der Waals surface area (Å²) in [6, 6.07) is 0. The molecule has 15 heavy (non-hydrogen) atoms. The lowest BCUT2D eigenvalue weighted by Crippen LogP contribution is -2.70. The van der Waals surface area contributed by atoms with E-state index in [1.54, 1.807) is 0 Å². The molecule has 3 N–H and O–H groups in total. The summed E-state index contributed by atoms with van der Waals surface area (Å²) in [7, 11) is 0. The molecule has 0 atom stereocenters. The second-order valence-electron chi connectivity index (χ2n) is 4.80. The van der Waals surface area contributed by atoms with Gasteiger partial charge in [0, 0.05) is 38.1 Å². The van der Waals surface area contributed by atoms with Gasteiger partial charge >= 0.3 is 0 Å². The summed E-state index contributed by atoms with van der Waals surface area (Å²) in [6.45, 7) is 9.63. The number of rotatable bonds is 5. The summed E-state index contributed by atoms with van der Waals surface area (Å²) >= 11 is 0. The van der Waals surface area contributed by atoms with Crippen molar-refractivity contribution in [1.82, 2.24) is 10.2 Å². The van der Waals surface area contributed by atoms with Gasteiger partial charge in [-0.1, -0.05) is 13.8 Å². The monoisotopic (exact) mass is 213 g/mol. The van der Waals surface area contributed by atoms with E-state index >= 15 is 0 Å². The molecular weight excluding hydrogens is 190 g/mol. The zero-order valence-electron chi connectivity index (χ0n) is 10.0. The summed E-state index contributed by atoms with van der Waals surface area (Å²) in [5.41, 5.74) is 6.13. The number of amides is 1. The first-order chi connectivity index (χ1) is 6.98. The molecule has 1 fully saturated rings. The average molecular weight is 213 g/mol. The van der Waals surface area contributed by atoms with Crippen LogP contribution in [0, 0.1) is 5.92 Å². The van der Waals surface area contributed by atoms with E-state index in [1.165, 1.54) is 0 Å². The molecule has 1 heterocycles. The van der Waals surface area contributed by atoms with Gasteiger partial charge in [-0.15, -0.1) is 0 Å². The van der Waals surface area contributed by atoms with Crippen molar-refractivity contribution in [2.24, 2.45) is 11.7 Å². The first-order valence-electron chi connectivity index (χ1n) is 5.76. The van der Waals surface area contributed by atoms with Crippen molar-refractivity contribution in [3.63, 3.8) is 0 Å². The fourth-order valence-electron chi connectivity index (χ4n) is 1.85. The fourth-order valence-corrected chi connectivity index (χ4v) is 1.85. The SMILES string of the molecule is CCNC(=O)CCN1CC(N)(C(C)C)C1. The zero-order chi connectivity index (χ0) is 11.5. The third-order valence-corrected chi connectivity index (χ3v) is 3.21. The maximum Gasteiger partial charge on any atom is 0.221 e. The lowest BCUT2D eigenvalue weighted by atomic mass is 9.80. The van der Waals surface area contributed by atoms with Crippen LogP contribution in [0.5, 0.6) is 0 Å². The summed E-state index contributed by atoms with van der Waals surface area (Å²) in [5, 5.41) is 2.80. The molecule has 88 valence electrons. The molecule has 0 saturated carbocycles. The van der Waals surface area contributed by atoms with Crippen LogP contribution in [0.25, 0.3) is 0 Å². The largest absolute Gasteiger partial charge is 0.356 e. The number of nitrogens with one attached hydrogen (secondary N) is 1. The highest BCUT2D eigenvalue weighted by Gasteiger charge is 2.41. The molecule has 0 aromatic carbocycles. The number of nitrogens with two attached hydrogens (primary N) is 1. The van der Waals surface area contributed by atoms with Crippen LogP contribution < -0.4 is 11.1 Å². The number of carbonyl (C=O) groups is 1. The topological polar surface area (TPSA) is 58.4 Å². The predicted octanol–water partition coefficient (Wildman–Crippen LogP) is 0.182. The Morgan fingerprint density at radius 3 is 2.60 bits per heavy atom. The molecule has 0 radical (unpaired) electrons. The normalized spacial score (nSPS) is 20.1. The van der Waals surface area contributed by atoms with Gasteiger partial charge in [-0.05, 0) is 12.8 Å². The molecule has 1 saturated heterocycles. The predicted molar refractivity (Wildman–Crippen MR) is 61.5 cm³/mol. The average Bonchev–Trinajstić information content (AvgIpc) is 2.10. The van der Waals surface area contributed by atoms with E-state index in [2.05, 4.69) is 24.1 Å². The minimum Gasteiger partial charge on any atom is -0.356 e. The van der Waals surface area contributed by atoms with Crippen LogP contribution in [-0.4, -0.2) is 42.5 Å². The Morgan fingerprint density at radius 1 is 1.53 bits per heavy atom. The summed E-state index contributed by atoms with van der Waals surface area (Å²) in [6.07, 6.45) is 0.585. The van der Waals surface area contributed by atoms with Gasteiger partial charge in [-0.2, -0.15) is 0 Å². The molecule has 1 amide bonds. The third kappa shape index (κ3) is 3.18. The molecule has 0 bridgehead atoms. The highest BCUT2D eigenvalue weighted by Crippen LogP contribution is 2.25. The van der Waals surface area contributed by atoms with Crippen LogP contribution >= 0.6 is 0 Å². The molecule has 0 aromatic heterocycles. The van der Waals surface area contributed by atoms with Gasteiger partial charge in [0.25, 0.3) is 0 Å². The molecule has 0 spiro atoms. The maximum atomic E-state index is 11.2. The maximum absolute atomic E-state index is 11.2. The number of likely N-dealkylation sites (tertiary alicyclic amines) is 1. The third-order valence-electron chi connectivity index (χ3n) is 3.21. The molecular formula is C11H23N3O. The van der Waals surface area contributed by atoms with Crippen molar-refractivity contribution in [3.8, 4) is 0 Å². The molecule has 4 nitrogen and oxygen atoms in total. The number of nitrogens with zero attached hydrogens (tertiary/aromatic N) is 1. The van der Waals surface area contributed by atoms with Crippen LogP contribution in [0.3, 0.4) is 0 Å². The van der Waals surface area contributed by atoms with Crippen molar-refractivity contribution in [1.29, 1.82) is 0 Å². The molecule has 1 aliphatic heterocycles. The fraction of sp³-hybridized carbons (Fsp3) is 0.909. The number of hydrogen-bond acceptors (Lipinski definition) is 3. The van der Waals surface area contributed by atoms with Crippen molar-refractivity contribution in [2.45, 2.75) is 32.7 Å². The van der Waals surface area contributed by atoms with Crippen LogP contribution in [0.15, 0.2) is 0 Å². The van der Waals surface area contributed by atoms with Crippen LogP contribution in [0.2, 0.25) is 0 Å². The van der Waals surface area contributed by atoms with E-state index < -0.39 is 0 Å². The van der Waals surface area contributed by atoms with Crippen LogP contribution in [0.4, 0.5) is 0 Å². The molecule has 0 unspecified atom stereocenters. The van der Waals surface area contributed by atoms with E-state index in [0.717, 1.165) is 19.6 Å². The number of carbonyl (C=O) groups excluding carboxylic acids is 1. The van der Waals surface area contributed by atoms with Gasteiger partial charge in [0.05, 0.1) is 0 Å². The van der Waals surface area contributed by atoms with Gasteiger partial charge < -0.3 is 11.1 Å². The highest BCUT2D eigenvalue weighted by molar-refractivity contribution is 5.75. The zero-order valence-corrected chi connectivity index (χ0v) is 10.0. The second kappa shape index (κ2) is 4.94. The van der Waals surface area contributed by atoms with Crippen LogP contribution in [0.1, 0.15) is 27.2 Å². The molecule has 0 aromatic rings. The van der Waals surface area contributed by atoms with Gasteiger partial charge in [-0.25, -0.2) is 0 Å². The molecule has 1 rings (SSSR count). The quantitative estimate of drug-likeness (QED) is 0.685. The standard InChI is InChI=1S/C11H23N3O/c1-4-13-10(15)5-6-14-7-11(12,8-14)9(2)3/h9H,4-8,12H2,1-3H3,(H,13,15). The van der Waals surface area contributed by atoms with Crippen molar-refractivity contribution >= 4 is 5.91 Å². The van der Waals surface area contributed by atoms with Crippen molar-refractivity contribution < 1.29 is 4.79 Å². The van der Waals surface area contributed by atoms with E-state index in [-0.39, 0.29) is 11.4 Å². The van der Waals surface area contributed by atoms with Gasteiger partial charge in [0.15, 0.2) is 0 Å². The van der Waals surface area contributed by atoms with Crippen LogP contribution in [-0.2, 0) is 4.79 Å². The molecule has 0 aliphatic carbocycles. The first-order valence-corrected chi connectivity index (χ1v) is 5.76. The van der Waals surface area contributed by atoms with E-state index in [9.17, 15) is 4.79 Å². The smallest absolute Gasteiger partial charge is 0.221 e. The minimum atomic E-state index is -0.0266. The Morgan fingerprint density at radius 2 is 2.13 bits per heavy atom.